The molecular weight excluding hydrogens is 390 g/mol. The summed E-state index contributed by atoms with van der Waals surface area (Å²) < 4.78 is 5.57. The highest BCUT2D eigenvalue weighted by molar-refractivity contribution is 5.82. The smallest absolute Gasteiger partial charge is 0.251 e. The molecule has 2 saturated heterocycles. The molecule has 0 radical (unpaired) electrons. The van der Waals surface area contributed by atoms with Gasteiger partial charge in [0, 0.05) is 65.5 Å². The number of hydrogen-bond donors (Lipinski definition) is 1. The monoisotopic (exact) mass is 427 g/mol. The lowest BCUT2D eigenvalue weighted by molar-refractivity contribution is -0.142. The number of fused-ring (bicyclic) bond motifs is 1. The van der Waals surface area contributed by atoms with E-state index in [1.807, 2.05) is 11.9 Å². The van der Waals surface area contributed by atoms with E-state index in [2.05, 4.69) is 51.3 Å². The van der Waals surface area contributed by atoms with Crippen LogP contribution in [0, 0.1) is 0 Å². The van der Waals surface area contributed by atoms with Gasteiger partial charge in [0.25, 0.3) is 5.91 Å². The molecular formula is C24H37N5O2. The third-order valence-electron chi connectivity index (χ3n) is 6.95. The van der Waals surface area contributed by atoms with E-state index in [4.69, 9.17) is 4.74 Å². The van der Waals surface area contributed by atoms with E-state index in [0.29, 0.717) is 12.6 Å². The molecule has 1 N–H and O–H groups in total. The topological polar surface area (TPSA) is 60.4 Å². The minimum atomic E-state index is -0.219. The van der Waals surface area contributed by atoms with Crippen LogP contribution in [-0.4, -0.2) is 91.6 Å². The van der Waals surface area contributed by atoms with Crippen molar-refractivity contribution in [3.63, 3.8) is 0 Å². The zero-order chi connectivity index (χ0) is 21.6. The number of carbonyl (C=O) groups excluding carboxylic acids is 1. The minimum Gasteiger partial charge on any atom is -0.368 e. The average molecular weight is 428 g/mol. The average Bonchev–Trinajstić information content (AvgIpc) is 3.36. The first-order valence-electron chi connectivity index (χ1n) is 11.9. The van der Waals surface area contributed by atoms with E-state index in [0.717, 1.165) is 77.5 Å². The van der Waals surface area contributed by atoms with E-state index in [-0.39, 0.29) is 12.0 Å². The van der Waals surface area contributed by atoms with Gasteiger partial charge in [-0.2, -0.15) is 0 Å². The molecule has 0 aromatic heterocycles. The lowest BCUT2D eigenvalue weighted by Crippen LogP contribution is -2.56. The first-order chi connectivity index (χ1) is 15.2. The Bertz CT molecular complexity index is 769. The normalized spacial score (nSPS) is 23.5. The van der Waals surface area contributed by atoms with E-state index in [1.165, 1.54) is 11.1 Å². The number of amides is 1. The highest BCUT2D eigenvalue weighted by Gasteiger charge is 2.31. The summed E-state index contributed by atoms with van der Waals surface area (Å²) in [6.07, 6.45) is 3.87. The van der Waals surface area contributed by atoms with Crippen LogP contribution in [0.5, 0.6) is 0 Å². The fourth-order valence-electron chi connectivity index (χ4n) is 5.02. The van der Waals surface area contributed by atoms with Crippen molar-refractivity contribution in [2.45, 2.75) is 51.3 Å². The van der Waals surface area contributed by atoms with Crippen molar-refractivity contribution in [3.05, 3.63) is 35.4 Å². The lowest BCUT2D eigenvalue weighted by Gasteiger charge is -2.39. The van der Waals surface area contributed by atoms with Crippen LogP contribution in [0.4, 0.5) is 0 Å². The zero-order valence-electron chi connectivity index (χ0n) is 19.1. The van der Waals surface area contributed by atoms with Gasteiger partial charge in [0.1, 0.15) is 6.10 Å². The number of hydrogen-bond acceptors (Lipinski definition) is 4. The van der Waals surface area contributed by atoms with Crippen LogP contribution < -0.4 is 5.32 Å². The molecule has 31 heavy (non-hydrogen) atoms. The van der Waals surface area contributed by atoms with Crippen LogP contribution >= 0.6 is 0 Å². The van der Waals surface area contributed by atoms with E-state index in [9.17, 15) is 4.79 Å². The second kappa shape index (κ2) is 10.5. The van der Waals surface area contributed by atoms with E-state index in [1.54, 1.807) is 0 Å². The number of nitrogens with one attached hydrogen (secondary N) is 1. The molecule has 1 aromatic carbocycles. The fraction of sp³-hybridized carbons (Fsp3) is 0.667. The summed E-state index contributed by atoms with van der Waals surface area (Å²) in [5, 5.41) is 3.62. The number of benzene rings is 1. The number of guanidine groups is 1. The number of rotatable bonds is 5. The molecule has 1 amide bonds. The second-order valence-corrected chi connectivity index (χ2v) is 8.79. The summed E-state index contributed by atoms with van der Waals surface area (Å²) >= 11 is 0. The van der Waals surface area contributed by atoms with Crippen LogP contribution in [0.15, 0.2) is 29.3 Å². The van der Waals surface area contributed by atoms with Gasteiger partial charge in [-0.15, -0.1) is 0 Å². The Balaban J connectivity index is 1.27. The maximum Gasteiger partial charge on any atom is 0.251 e. The molecule has 1 aromatic rings. The lowest BCUT2D eigenvalue weighted by atomic mass is 9.98. The van der Waals surface area contributed by atoms with Gasteiger partial charge < -0.3 is 19.9 Å². The molecule has 2 atom stereocenters. The Morgan fingerprint density at radius 3 is 2.58 bits per heavy atom. The quantitative estimate of drug-likeness (QED) is 0.573. The Hall–Kier alpha value is -2.12. The SMILES string of the molecule is CCC(CNC(=NC)N1CCN(C(=O)C2CCCO2)CC1)N1CCc2ccccc2C1. The summed E-state index contributed by atoms with van der Waals surface area (Å²) in [5.74, 6) is 1.11. The van der Waals surface area contributed by atoms with Gasteiger partial charge in [0.15, 0.2) is 5.96 Å². The molecule has 0 saturated carbocycles. The largest absolute Gasteiger partial charge is 0.368 e. The third-order valence-corrected chi connectivity index (χ3v) is 6.95. The summed E-state index contributed by atoms with van der Waals surface area (Å²) in [6.45, 7) is 9.11. The molecule has 3 heterocycles. The maximum atomic E-state index is 12.6. The van der Waals surface area contributed by atoms with E-state index >= 15 is 0 Å². The zero-order valence-corrected chi connectivity index (χ0v) is 19.1. The maximum absolute atomic E-state index is 12.6. The van der Waals surface area contributed by atoms with Crippen molar-refractivity contribution in [1.82, 2.24) is 20.0 Å². The summed E-state index contributed by atoms with van der Waals surface area (Å²) in [4.78, 5) is 24.0. The van der Waals surface area contributed by atoms with Crippen molar-refractivity contribution in [3.8, 4) is 0 Å². The standard InChI is InChI=1S/C24H37N5O2/c1-3-21(29-11-10-19-7-4-5-8-20(19)18-29)17-26-24(25-2)28-14-12-27(13-15-28)23(30)22-9-6-16-31-22/h4-5,7-8,21-22H,3,6,9-18H2,1-2H3,(H,25,26). The first-order valence-corrected chi connectivity index (χ1v) is 11.9. The van der Waals surface area contributed by atoms with Crippen LogP contribution in [0.2, 0.25) is 0 Å². The Morgan fingerprint density at radius 2 is 1.90 bits per heavy atom. The fourth-order valence-corrected chi connectivity index (χ4v) is 5.02. The van der Waals surface area contributed by atoms with Gasteiger partial charge in [0.05, 0.1) is 0 Å². The summed E-state index contributed by atoms with van der Waals surface area (Å²) in [6, 6.07) is 9.29. The third kappa shape index (κ3) is 5.21. The summed E-state index contributed by atoms with van der Waals surface area (Å²) in [7, 11) is 1.85. The summed E-state index contributed by atoms with van der Waals surface area (Å²) in [5.41, 5.74) is 2.96. The molecule has 3 aliphatic heterocycles. The van der Waals surface area contributed by atoms with Crippen LogP contribution in [0.25, 0.3) is 0 Å². The van der Waals surface area contributed by atoms with Gasteiger partial charge in [-0.1, -0.05) is 31.2 Å². The van der Waals surface area contributed by atoms with Crippen molar-refractivity contribution >= 4 is 11.9 Å². The predicted molar refractivity (Wildman–Crippen MR) is 123 cm³/mol. The predicted octanol–water partition coefficient (Wildman–Crippen LogP) is 1.72. The van der Waals surface area contributed by atoms with Gasteiger partial charge in [0.2, 0.25) is 0 Å². The number of piperazine rings is 1. The molecule has 4 rings (SSSR count). The van der Waals surface area contributed by atoms with Crippen molar-refractivity contribution in [2.24, 2.45) is 4.99 Å². The Labute approximate surface area is 186 Å². The Kier molecular flexibility index (Phi) is 7.45. The van der Waals surface area contributed by atoms with Crippen molar-refractivity contribution in [1.29, 1.82) is 0 Å². The Morgan fingerprint density at radius 1 is 1.16 bits per heavy atom. The molecule has 170 valence electrons. The molecule has 2 unspecified atom stereocenters. The van der Waals surface area contributed by atoms with Crippen LogP contribution in [-0.2, 0) is 22.5 Å². The van der Waals surface area contributed by atoms with E-state index < -0.39 is 0 Å². The first kappa shape index (κ1) is 22.1. The molecule has 3 aliphatic rings. The number of nitrogens with zero attached hydrogens (tertiary/aromatic N) is 4. The second-order valence-electron chi connectivity index (χ2n) is 8.79. The molecule has 7 nitrogen and oxygen atoms in total. The van der Waals surface area contributed by atoms with Gasteiger partial charge in [-0.05, 0) is 36.8 Å². The van der Waals surface area contributed by atoms with Gasteiger partial charge >= 0.3 is 0 Å². The molecule has 7 heteroatoms. The highest BCUT2D eigenvalue weighted by Crippen LogP contribution is 2.21. The van der Waals surface area contributed by atoms with Crippen molar-refractivity contribution in [2.75, 3.05) is 52.9 Å². The molecule has 0 aliphatic carbocycles. The van der Waals surface area contributed by atoms with Gasteiger partial charge in [-0.3, -0.25) is 14.7 Å². The highest BCUT2D eigenvalue weighted by atomic mass is 16.5. The van der Waals surface area contributed by atoms with Crippen LogP contribution in [0.3, 0.4) is 0 Å². The minimum absolute atomic E-state index is 0.163. The number of carbonyl (C=O) groups is 1. The van der Waals surface area contributed by atoms with Gasteiger partial charge in [-0.25, -0.2) is 0 Å². The number of aliphatic imine (C=N–C) groups is 1. The molecule has 2 fully saturated rings. The van der Waals surface area contributed by atoms with Crippen LogP contribution in [0.1, 0.15) is 37.3 Å². The molecule has 0 spiro atoms. The number of ether oxygens (including phenoxy) is 1. The van der Waals surface area contributed by atoms with Crippen molar-refractivity contribution < 1.29 is 9.53 Å². The molecule has 0 bridgehead atoms.